The van der Waals surface area contributed by atoms with E-state index in [1.54, 1.807) is 0 Å². The average molecular weight is 285 g/mol. The maximum absolute atomic E-state index is 12.5. The molecular weight excluding hydrogens is 250 g/mol. The Hall–Kier alpha value is -0.610. The number of hydrogen-bond donors (Lipinski definition) is 1. The van der Waals surface area contributed by atoms with Crippen molar-refractivity contribution >= 4 is 5.91 Å². The van der Waals surface area contributed by atoms with Gasteiger partial charge in [0.25, 0.3) is 0 Å². The summed E-state index contributed by atoms with van der Waals surface area (Å²) in [5.41, 5.74) is 5.87. The molecule has 0 bridgehead atoms. The van der Waals surface area contributed by atoms with Crippen LogP contribution in [0.4, 0.5) is 0 Å². The first-order chi connectivity index (χ1) is 9.14. The second kappa shape index (κ2) is 8.63. The molecule has 20 heavy (non-hydrogen) atoms. The standard InChI is InChI=1S/C16H35N3O/c1-8-9-18(12-16(6,7)11-17)10-15(20)19(13(2)3)14(4)5/h13-14H,8-12,17H2,1-7H3. The Morgan fingerprint density at radius 3 is 2.00 bits per heavy atom. The number of rotatable bonds is 9. The van der Waals surface area contributed by atoms with E-state index in [-0.39, 0.29) is 23.4 Å². The maximum atomic E-state index is 12.5. The van der Waals surface area contributed by atoms with Gasteiger partial charge in [-0.3, -0.25) is 9.69 Å². The number of carbonyl (C=O) groups excluding carboxylic acids is 1. The SMILES string of the molecule is CCCN(CC(=O)N(C(C)C)C(C)C)CC(C)(C)CN. The second-order valence-electron chi connectivity index (χ2n) is 7.07. The summed E-state index contributed by atoms with van der Waals surface area (Å²) in [6.07, 6.45) is 1.05. The zero-order valence-electron chi connectivity index (χ0n) is 14.6. The van der Waals surface area contributed by atoms with Crippen molar-refractivity contribution in [3.8, 4) is 0 Å². The van der Waals surface area contributed by atoms with Crippen molar-refractivity contribution in [2.24, 2.45) is 11.1 Å². The van der Waals surface area contributed by atoms with Gasteiger partial charge in [0.05, 0.1) is 6.54 Å². The summed E-state index contributed by atoms with van der Waals surface area (Å²) < 4.78 is 0. The fraction of sp³-hybridized carbons (Fsp3) is 0.938. The highest BCUT2D eigenvalue weighted by molar-refractivity contribution is 5.78. The smallest absolute Gasteiger partial charge is 0.237 e. The van der Waals surface area contributed by atoms with Gasteiger partial charge in [-0.25, -0.2) is 0 Å². The van der Waals surface area contributed by atoms with E-state index in [0.717, 1.165) is 19.5 Å². The van der Waals surface area contributed by atoms with Gasteiger partial charge in [-0.15, -0.1) is 0 Å². The van der Waals surface area contributed by atoms with Crippen LogP contribution in [-0.2, 0) is 4.79 Å². The molecule has 0 rings (SSSR count). The van der Waals surface area contributed by atoms with Crippen LogP contribution in [0.2, 0.25) is 0 Å². The first-order valence-electron chi connectivity index (χ1n) is 7.88. The molecule has 4 heteroatoms. The third-order valence-electron chi connectivity index (χ3n) is 3.50. The molecule has 0 aromatic rings. The minimum Gasteiger partial charge on any atom is -0.337 e. The molecule has 1 amide bonds. The first-order valence-corrected chi connectivity index (χ1v) is 7.88. The van der Waals surface area contributed by atoms with Crippen LogP contribution in [0.15, 0.2) is 0 Å². The van der Waals surface area contributed by atoms with Crippen molar-refractivity contribution in [1.82, 2.24) is 9.80 Å². The number of nitrogens with zero attached hydrogens (tertiary/aromatic N) is 2. The molecule has 0 aliphatic heterocycles. The average Bonchev–Trinajstić information content (AvgIpc) is 2.27. The van der Waals surface area contributed by atoms with Crippen LogP contribution in [-0.4, -0.2) is 54.0 Å². The van der Waals surface area contributed by atoms with E-state index in [4.69, 9.17) is 5.73 Å². The van der Waals surface area contributed by atoms with E-state index in [1.165, 1.54) is 0 Å². The van der Waals surface area contributed by atoms with Crippen molar-refractivity contribution in [2.75, 3.05) is 26.2 Å². The quantitative estimate of drug-likeness (QED) is 0.707. The Morgan fingerprint density at radius 1 is 1.15 bits per heavy atom. The molecule has 0 atom stereocenters. The lowest BCUT2D eigenvalue weighted by Gasteiger charge is -2.35. The Morgan fingerprint density at radius 2 is 1.65 bits per heavy atom. The van der Waals surface area contributed by atoms with E-state index in [1.807, 2.05) is 4.90 Å². The van der Waals surface area contributed by atoms with E-state index in [0.29, 0.717) is 13.1 Å². The molecule has 0 radical (unpaired) electrons. The van der Waals surface area contributed by atoms with Crippen LogP contribution in [0, 0.1) is 5.41 Å². The third-order valence-corrected chi connectivity index (χ3v) is 3.50. The van der Waals surface area contributed by atoms with Crippen LogP contribution >= 0.6 is 0 Å². The lowest BCUT2D eigenvalue weighted by Crippen LogP contribution is -2.49. The molecular formula is C16H35N3O. The minimum atomic E-state index is 0.0515. The number of carbonyl (C=O) groups is 1. The summed E-state index contributed by atoms with van der Waals surface area (Å²) in [6.45, 7) is 17.7. The monoisotopic (exact) mass is 285 g/mol. The highest BCUT2D eigenvalue weighted by Crippen LogP contribution is 2.16. The normalized spacial score (nSPS) is 12.6. The second-order valence-corrected chi connectivity index (χ2v) is 7.07. The molecule has 0 fully saturated rings. The summed E-state index contributed by atoms with van der Waals surface area (Å²) in [4.78, 5) is 16.8. The largest absolute Gasteiger partial charge is 0.337 e. The van der Waals surface area contributed by atoms with Crippen molar-refractivity contribution in [3.63, 3.8) is 0 Å². The molecule has 0 saturated heterocycles. The van der Waals surface area contributed by atoms with E-state index in [2.05, 4.69) is 53.4 Å². The Labute approximate surface area is 125 Å². The molecule has 120 valence electrons. The highest BCUT2D eigenvalue weighted by Gasteiger charge is 2.25. The summed E-state index contributed by atoms with van der Waals surface area (Å²) in [5, 5.41) is 0. The summed E-state index contributed by atoms with van der Waals surface area (Å²) in [6, 6.07) is 0.488. The predicted molar refractivity (Wildman–Crippen MR) is 86.7 cm³/mol. The van der Waals surface area contributed by atoms with E-state index >= 15 is 0 Å². The van der Waals surface area contributed by atoms with Crippen LogP contribution in [0.5, 0.6) is 0 Å². The molecule has 0 aliphatic rings. The van der Waals surface area contributed by atoms with Crippen molar-refractivity contribution in [3.05, 3.63) is 0 Å². The summed E-state index contributed by atoms with van der Waals surface area (Å²) in [5.74, 6) is 0.219. The summed E-state index contributed by atoms with van der Waals surface area (Å²) >= 11 is 0. The predicted octanol–water partition coefficient (Wildman–Crippen LogP) is 2.33. The van der Waals surface area contributed by atoms with Crippen LogP contribution < -0.4 is 5.73 Å². The molecule has 0 aromatic carbocycles. The molecule has 0 aromatic heterocycles. The maximum Gasteiger partial charge on any atom is 0.237 e. The number of nitrogens with two attached hydrogens (primary N) is 1. The van der Waals surface area contributed by atoms with Crippen molar-refractivity contribution < 1.29 is 4.79 Å². The van der Waals surface area contributed by atoms with E-state index < -0.39 is 0 Å². The van der Waals surface area contributed by atoms with E-state index in [9.17, 15) is 4.79 Å². The van der Waals surface area contributed by atoms with Gasteiger partial charge in [-0.1, -0.05) is 20.8 Å². The number of hydrogen-bond acceptors (Lipinski definition) is 3. The van der Waals surface area contributed by atoms with Gasteiger partial charge in [0, 0.05) is 18.6 Å². The van der Waals surface area contributed by atoms with Gasteiger partial charge in [0.2, 0.25) is 5.91 Å². The molecule has 0 aliphatic carbocycles. The Bertz CT molecular complexity index is 279. The van der Waals surface area contributed by atoms with Crippen LogP contribution in [0.3, 0.4) is 0 Å². The topological polar surface area (TPSA) is 49.6 Å². The van der Waals surface area contributed by atoms with Gasteiger partial charge >= 0.3 is 0 Å². The lowest BCUT2D eigenvalue weighted by atomic mass is 9.93. The first kappa shape index (κ1) is 19.4. The van der Waals surface area contributed by atoms with Gasteiger partial charge in [-0.2, -0.15) is 0 Å². The molecule has 0 saturated carbocycles. The summed E-state index contributed by atoms with van der Waals surface area (Å²) in [7, 11) is 0. The van der Waals surface area contributed by atoms with Crippen LogP contribution in [0.1, 0.15) is 54.9 Å². The highest BCUT2D eigenvalue weighted by atomic mass is 16.2. The lowest BCUT2D eigenvalue weighted by molar-refractivity contribution is -0.136. The zero-order chi connectivity index (χ0) is 15.9. The van der Waals surface area contributed by atoms with Crippen LogP contribution in [0.25, 0.3) is 0 Å². The van der Waals surface area contributed by atoms with Gasteiger partial charge < -0.3 is 10.6 Å². The Kier molecular flexibility index (Phi) is 8.36. The van der Waals surface area contributed by atoms with Gasteiger partial charge in [-0.05, 0) is 52.6 Å². The fourth-order valence-corrected chi connectivity index (χ4v) is 2.65. The molecule has 4 nitrogen and oxygen atoms in total. The molecule has 0 unspecified atom stereocenters. The van der Waals surface area contributed by atoms with Crippen molar-refractivity contribution in [1.29, 1.82) is 0 Å². The fourth-order valence-electron chi connectivity index (χ4n) is 2.65. The van der Waals surface area contributed by atoms with Gasteiger partial charge in [0.15, 0.2) is 0 Å². The molecule has 2 N–H and O–H groups in total. The number of amides is 1. The van der Waals surface area contributed by atoms with Gasteiger partial charge in [0.1, 0.15) is 0 Å². The van der Waals surface area contributed by atoms with Crippen molar-refractivity contribution in [2.45, 2.75) is 67.0 Å². The third kappa shape index (κ3) is 6.71. The molecule has 0 heterocycles. The minimum absolute atomic E-state index is 0.0515. The zero-order valence-corrected chi connectivity index (χ0v) is 14.6. The molecule has 0 spiro atoms. The Balaban J connectivity index is 4.77.